The molecule has 0 saturated carbocycles. The highest BCUT2D eigenvalue weighted by Gasteiger charge is 2.28. The van der Waals surface area contributed by atoms with Crippen LogP contribution >= 0.6 is 11.3 Å². The fourth-order valence-electron chi connectivity index (χ4n) is 3.11. The van der Waals surface area contributed by atoms with E-state index >= 15 is 0 Å². The second kappa shape index (κ2) is 10.9. The van der Waals surface area contributed by atoms with E-state index in [0.29, 0.717) is 18.5 Å². The summed E-state index contributed by atoms with van der Waals surface area (Å²) in [5.74, 6) is 0.689. The van der Waals surface area contributed by atoms with Crippen LogP contribution in [0.15, 0.2) is 21.8 Å². The van der Waals surface area contributed by atoms with Gasteiger partial charge in [-0.1, -0.05) is 0 Å². The Labute approximate surface area is 163 Å². The maximum atomic E-state index is 12.4. The van der Waals surface area contributed by atoms with Gasteiger partial charge in [-0.05, 0) is 49.2 Å². The number of hydrogen-bond donors (Lipinski definition) is 2. The molecular formula is C18H30F3N5S. The largest absolute Gasteiger partial charge is 0.401 e. The first-order valence-corrected chi connectivity index (χ1v) is 10.3. The van der Waals surface area contributed by atoms with Crippen LogP contribution in [0.25, 0.3) is 0 Å². The quantitative estimate of drug-likeness (QED) is 0.516. The molecule has 27 heavy (non-hydrogen) atoms. The average Bonchev–Trinajstić information content (AvgIpc) is 3.08. The number of hydrogen-bond acceptors (Lipinski definition) is 4. The van der Waals surface area contributed by atoms with Gasteiger partial charge in [-0.2, -0.15) is 24.5 Å². The predicted molar refractivity (Wildman–Crippen MR) is 105 cm³/mol. The van der Waals surface area contributed by atoms with Crippen molar-refractivity contribution in [3.05, 3.63) is 22.4 Å². The average molecular weight is 406 g/mol. The van der Waals surface area contributed by atoms with E-state index in [1.165, 1.54) is 17.5 Å². The van der Waals surface area contributed by atoms with Gasteiger partial charge in [0.25, 0.3) is 0 Å². The lowest BCUT2D eigenvalue weighted by molar-refractivity contribution is -0.142. The highest BCUT2D eigenvalue weighted by Crippen LogP contribution is 2.16. The highest BCUT2D eigenvalue weighted by atomic mass is 32.1. The zero-order chi connectivity index (χ0) is 19.7. The third-order valence-corrected chi connectivity index (χ3v) is 5.19. The lowest BCUT2D eigenvalue weighted by Gasteiger charge is -2.33. The van der Waals surface area contributed by atoms with Crippen LogP contribution in [0, 0.1) is 0 Å². The summed E-state index contributed by atoms with van der Waals surface area (Å²) < 4.78 is 37.1. The van der Waals surface area contributed by atoms with Crippen LogP contribution in [0.5, 0.6) is 0 Å². The third-order valence-electron chi connectivity index (χ3n) is 4.46. The Morgan fingerprint density at radius 3 is 2.70 bits per heavy atom. The summed E-state index contributed by atoms with van der Waals surface area (Å²) in [6.45, 7) is 5.46. The summed E-state index contributed by atoms with van der Waals surface area (Å²) >= 11 is 1.73. The van der Waals surface area contributed by atoms with Crippen molar-refractivity contribution in [3.8, 4) is 0 Å². The van der Waals surface area contributed by atoms with Gasteiger partial charge in [0.05, 0.1) is 13.1 Å². The smallest absolute Gasteiger partial charge is 0.357 e. The summed E-state index contributed by atoms with van der Waals surface area (Å²) in [4.78, 5) is 8.13. The highest BCUT2D eigenvalue weighted by molar-refractivity contribution is 7.07. The minimum Gasteiger partial charge on any atom is -0.357 e. The number of rotatable bonds is 8. The normalized spacial score (nSPS) is 17.5. The molecule has 9 heteroatoms. The van der Waals surface area contributed by atoms with Crippen LogP contribution in [0.2, 0.25) is 0 Å². The van der Waals surface area contributed by atoms with Gasteiger partial charge in [0.2, 0.25) is 0 Å². The molecule has 154 valence electrons. The molecule has 0 aromatic carbocycles. The van der Waals surface area contributed by atoms with Gasteiger partial charge in [0.15, 0.2) is 5.96 Å². The molecule has 0 amide bonds. The van der Waals surface area contributed by atoms with E-state index in [4.69, 9.17) is 0 Å². The number of piperidine rings is 1. The minimum atomic E-state index is -4.17. The van der Waals surface area contributed by atoms with Crippen molar-refractivity contribution in [3.63, 3.8) is 0 Å². The molecule has 0 unspecified atom stereocenters. The van der Waals surface area contributed by atoms with E-state index in [9.17, 15) is 13.2 Å². The zero-order valence-electron chi connectivity index (χ0n) is 16.1. The molecule has 1 saturated heterocycles. The Bertz CT molecular complexity index is 554. The zero-order valence-corrected chi connectivity index (χ0v) is 16.9. The van der Waals surface area contributed by atoms with Gasteiger partial charge in [-0.15, -0.1) is 0 Å². The van der Waals surface area contributed by atoms with Crippen LogP contribution in [-0.2, 0) is 6.54 Å². The van der Waals surface area contributed by atoms with Gasteiger partial charge in [0, 0.05) is 38.8 Å². The number of alkyl halides is 3. The molecule has 0 bridgehead atoms. The van der Waals surface area contributed by atoms with E-state index in [1.54, 1.807) is 11.3 Å². The molecule has 0 spiro atoms. The molecule has 2 rings (SSSR count). The standard InChI is InChI=1S/C18H30F3N5S/c1-3-22-17(23-7-10-25(2)14-18(19,20)21)24-16-4-8-26(9-5-16)12-15-6-11-27-13-15/h6,11,13,16H,3-5,7-10,12,14H2,1-2H3,(H2,22,23,24). The summed E-state index contributed by atoms with van der Waals surface area (Å²) in [7, 11) is 1.46. The Balaban J connectivity index is 1.73. The van der Waals surface area contributed by atoms with Crippen LogP contribution in [0.3, 0.4) is 0 Å². The van der Waals surface area contributed by atoms with E-state index < -0.39 is 12.7 Å². The van der Waals surface area contributed by atoms with Crippen LogP contribution in [-0.4, -0.2) is 74.3 Å². The lowest BCUT2D eigenvalue weighted by atomic mass is 10.0. The summed E-state index contributed by atoms with van der Waals surface area (Å²) in [5, 5.41) is 10.9. The van der Waals surface area contributed by atoms with Crippen LogP contribution < -0.4 is 10.6 Å². The second-order valence-corrected chi connectivity index (χ2v) is 7.72. The summed E-state index contributed by atoms with van der Waals surface area (Å²) in [5.41, 5.74) is 1.37. The lowest BCUT2D eigenvalue weighted by Crippen LogP contribution is -2.48. The van der Waals surface area contributed by atoms with Gasteiger partial charge >= 0.3 is 6.18 Å². The van der Waals surface area contributed by atoms with E-state index in [2.05, 4.69) is 37.4 Å². The van der Waals surface area contributed by atoms with Gasteiger partial charge < -0.3 is 10.6 Å². The molecule has 1 fully saturated rings. The van der Waals surface area contributed by atoms with Crippen molar-refractivity contribution < 1.29 is 13.2 Å². The van der Waals surface area contributed by atoms with Gasteiger partial charge in [0.1, 0.15) is 0 Å². The van der Waals surface area contributed by atoms with Crippen molar-refractivity contribution in [2.45, 2.75) is 38.5 Å². The number of likely N-dealkylation sites (N-methyl/N-ethyl adjacent to an activating group) is 1. The number of halogens is 3. The summed E-state index contributed by atoms with van der Waals surface area (Å²) in [6.07, 6.45) is -2.11. The van der Waals surface area contributed by atoms with Gasteiger partial charge in [-0.25, -0.2) is 0 Å². The van der Waals surface area contributed by atoms with Crippen molar-refractivity contribution in [1.82, 2.24) is 20.4 Å². The molecule has 1 aromatic heterocycles. The monoisotopic (exact) mass is 405 g/mol. The van der Waals surface area contributed by atoms with Crippen molar-refractivity contribution >= 4 is 17.3 Å². The molecule has 0 radical (unpaired) electrons. The van der Waals surface area contributed by atoms with Crippen LogP contribution in [0.4, 0.5) is 13.2 Å². The fraction of sp³-hybridized carbons (Fsp3) is 0.722. The molecule has 1 aliphatic rings. The Kier molecular flexibility index (Phi) is 8.85. The second-order valence-electron chi connectivity index (χ2n) is 6.94. The first kappa shape index (κ1) is 22.0. The predicted octanol–water partition coefficient (Wildman–Crippen LogP) is 2.76. The first-order chi connectivity index (χ1) is 12.9. The number of nitrogens with one attached hydrogen (secondary N) is 2. The topological polar surface area (TPSA) is 42.9 Å². The number of thiophene rings is 1. The Morgan fingerprint density at radius 2 is 2.11 bits per heavy atom. The maximum Gasteiger partial charge on any atom is 0.401 e. The third kappa shape index (κ3) is 8.94. The molecule has 0 atom stereocenters. The molecule has 2 N–H and O–H groups in total. The minimum absolute atomic E-state index is 0.273. The molecule has 1 aliphatic heterocycles. The van der Waals surface area contributed by atoms with Crippen molar-refractivity contribution in [1.29, 1.82) is 0 Å². The molecular weight excluding hydrogens is 375 g/mol. The van der Waals surface area contributed by atoms with E-state index in [0.717, 1.165) is 39.0 Å². The maximum absolute atomic E-state index is 12.4. The SMILES string of the molecule is CCNC(=NCCN(C)CC(F)(F)F)NC1CCN(Cc2ccsc2)CC1. The van der Waals surface area contributed by atoms with Crippen LogP contribution in [0.1, 0.15) is 25.3 Å². The van der Waals surface area contributed by atoms with Gasteiger partial charge in [-0.3, -0.25) is 14.8 Å². The molecule has 5 nitrogen and oxygen atoms in total. The van der Waals surface area contributed by atoms with E-state index in [-0.39, 0.29) is 6.54 Å². The molecule has 1 aromatic rings. The Morgan fingerprint density at radius 1 is 1.37 bits per heavy atom. The number of nitrogens with zero attached hydrogens (tertiary/aromatic N) is 3. The van der Waals surface area contributed by atoms with Crippen molar-refractivity contribution in [2.24, 2.45) is 4.99 Å². The van der Waals surface area contributed by atoms with E-state index in [1.807, 2.05) is 6.92 Å². The fourth-order valence-corrected chi connectivity index (χ4v) is 3.77. The molecule has 2 heterocycles. The first-order valence-electron chi connectivity index (χ1n) is 9.39. The Hall–Kier alpha value is -1.32. The summed E-state index contributed by atoms with van der Waals surface area (Å²) in [6, 6.07) is 2.51. The van der Waals surface area contributed by atoms with Crippen molar-refractivity contribution in [2.75, 3.05) is 46.3 Å². The number of guanidine groups is 1. The number of likely N-dealkylation sites (tertiary alicyclic amines) is 1. The number of aliphatic imine (C=N–C) groups is 1. The molecule has 0 aliphatic carbocycles.